The summed E-state index contributed by atoms with van der Waals surface area (Å²) in [4.78, 5) is 11.4. The molecule has 3 nitrogen and oxygen atoms in total. The summed E-state index contributed by atoms with van der Waals surface area (Å²) in [6.07, 6.45) is 2.74. The van der Waals surface area contributed by atoms with Gasteiger partial charge in [0.2, 0.25) is 0 Å². The first-order chi connectivity index (χ1) is 6.97. The summed E-state index contributed by atoms with van der Waals surface area (Å²) < 4.78 is 5.11. The molecule has 0 fully saturated rings. The van der Waals surface area contributed by atoms with E-state index in [-0.39, 0.29) is 5.97 Å². The molecule has 0 aromatic rings. The molecule has 0 aliphatic rings. The van der Waals surface area contributed by atoms with Gasteiger partial charge in [-0.1, -0.05) is 34.1 Å². The fourth-order valence-corrected chi connectivity index (χ4v) is 1.28. The number of esters is 1. The highest BCUT2D eigenvalue weighted by atomic mass is 16.5. The van der Waals surface area contributed by atoms with Crippen LogP contribution in [0.25, 0.3) is 0 Å². The van der Waals surface area contributed by atoms with Crippen molar-refractivity contribution in [3.8, 4) is 0 Å². The molecule has 1 unspecified atom stereocenters. The predicted octanol–water partition coefficient (Wildman–Crippen LogP) is 2.34. The minimum Gasteiger partial charge on any atom is -0.465 e. The molecule has 0 saturated carbocycles. The molecule has 0 amide bonds. The van der Waals surface area contributed by atoms with Gasteiger partial charge in [0.25, 0.3) is 0 Å². The van der Waals surface area contributed by atoms with Crippen LogP contribution in [-0.4, -0.2) is 18.6 Å². The van der Waals surface area contributed by atoms with Gasteiger partial charge in [0.05, 0.1) is 6.61 Å². The molecule has 2 atom stereocenters. The molecule has 0 saturated heterocycles. The summed E-state index contributed by atoms with van der Waals surface area (Å²) in [6.45, 7) is 8.89. The van der Waals surface area contributed by atoms with E-state index in [4.69, 9.17) is 10.5 Å². The van der Waals surface area contributed by atoms with Crippen molar-refractivity contribution in [3.05, 3.63) is 0 Å². The third kappa shape index (κ3) is 7.37. The van der Waals surface area contributed by atoms with Crippen LogP contribution < -0.4 is 5.73 Å². The van der Waals surface area contributed by atoms with Gasteiger partial charge in [-0.05, 0) is 24.7 Å². The summed E-state index contributed by atoms with van der Waals surface area (Å²) >= 11 is 0. The van der Waals surface area contributed by atoms with E-state index in [1.807, 2.05) is 13.8 Å². The first kappa shape index (κ1) is 14.4. The Balaban J connectivity index is 3.64. The Morgan fingerprint density at radius 3 is 2.40 bits per heavy atom. The second-order valence-electron chi connectivity index (χ2n) is 4.71. The lowest BCUT2D eigenvalue weighted by atomic mass is 10.0. The Morgan fingerprint density at radius 1 is 1.33 bits per heavy atom. The number of hydrogen-bond donors (Lipinski definition) is 1. The molecule has 0 rings (SSSR count). The van der Waals surface area contributed by atoms with Crippen LogP contribution in [0.2, 0.25) is 0 Å². The Bertz CT molecular complexity index is 180. The van der Waals surface area contributed by atoms with Crippen LogP contribution in [0.4, 0.5) is 0 Å². The highest BCUT2D eigenvalue weighted by Gasteiger charge is 2.16. The van der Waals surface area contributed by atoms with Gasteiger partial charge in [-0.15, -0.1) is 0 Å². The van der Waals surface area contributed by atoms with Crippen molar-refractivity contribution < 1.29 is 9.53 Å². The number of carbonyl (C=O) groups excluding carboxylic acids is 1. The van der Waals surface area contributed by atoms with E-state index in [0.717, 1.165) is 12.8 Å². The Hall–Kier alpha value is -0.570. The van der Waals surface area contributed by atoms with E-state index >= 15 is 0 Å². The van der Waals surface area contributed by atoms with E-state index in [0.29, 0.717) is 24.9 Å². The number of carbonyl (C=O) groups is 1. The number of ether oxygens (including phenoxy) is 1. The summed E-state index contributed by atoms with van der Waals surface area (Å²) in [7, 11) is 0. The van der Waals surface area contributed by atoms with E-state index < -0.39 is 6.04 Å². The minimum absolute atomic E-state index is 0.257. The lowest BCUT2D eigenvalue weighted by Gasteiger charge is -2.14. The first-order valence-electron chi connectivity index (χ1n) is 5.89. The normalized spacial score (nSPS) is 15.1. The monoisotopic (exact) mass is 215 g/mol. The van der Waals surface area contributed by atoms with Crippen LogP contribution in [0.15, 0.2) is 0 Å². The quantitative estimate of drug-likeness (QED) is 0.663. The summed E-state index contributed by atoms with van der Waals surface area (Å²) in [5.74, 6) is 0.785. The van der Waals surface area contributed by atoms with Crippen LogP contribution in [-0.2, 0) is 9.53 Å². The number of nitrogens with two attached hydrogens (primary N) is 1. The molecule has 15 heavy (non-hydrogen) atoms. The minimum atomic E-state index is -0.457. The smallest absolute Gasteiger partial charge is 0.322 e. The highest BCUT2D eigenvalue weighted by Crippen LogP contribution is 2.08. The largest absolute Gasteiger partial charge is 0.465 e. The predicted molar refractivity (Wildman–Crippen MR) is 62.5 cm³/mol. The third-order valence-corrected chi connectivity index (χ3v) is 2.58. The Labute approximate surface area is 93.4 Å². The summed E-state index contributed by atoms with van der Waals surface area (Å²) in [6, 6.07) is -0.457. The second kappa shape index (κ2) is 7.69. The maximum absolute atomic E-state index is 11.4. The molecule has 0 bridgehead atoms. The van der Waals surface area contributed by atoms with Crippen molar-refractivity contribution in [3.63, 3.8) is 0 Å². The van der Waals surface area contributed by atoms with Gasteiger partial charge >= 0.3 is 5.97 Å². The molecule has 0 spiro atoms. The molecule has 3 heteroatoms. The van der Waals surface area contributed by atoms with Crippen molar-refractivity contribution >= 4 is 5.97 Å². The number of rotatable bonds is 7. The van der Waals surface area contributed by atoms with Crippen LogP contribution in [0.1, 0.15) is 47.0 Å². The van der Waals surface area contributed by atoms with Gasteiger partial charge in [-0.3, -0.25) is 4.79 Å². The molecule has 90 valence electrons. The second-order valence-corrected chi connectivity index (χ2v) is 4.71. The van der Waals surface area contributed by atoms with Gasteiger partial charge in [0.1, 0.15) is 6.04 Å². The van der Waals surface area contributed by atoms with Gasteiger partial charge in [-0.2, -0.15) is 0 Å². The van der Waals surface area contributed by atoms with E-state index in [1.54, 1.807) is 0 Å². The number of hydrogen-bond acceptors (Lipinski definition) is 3. The maximum Gasteiger partial charge on any atom is 0.322 e. The zero-order chi connectivity index (χ0) is 11.8. The van der Waals surface area contributed by atoms with E-state index in [9.17, 15) is 4.79 Å². The molecule has 0 aromatic carbocycles. The van der Waals surface area contributed by atoms with Crippen LogP contribution >= 0.6 is 0 Å². The van der Waals surface area contributed by atoms with E-state index in [2.05, 4.69) is 13.8 Å². The topological polar surface area (TPSA) is 52.3 Å². The van der Waals surface area contributed by atoms with Crippen molar-refractivity contribution in [2.75, 3.05) is 6.61 Å². The van der Waals surface area contributed by atoms with Crippen molar-refractivity contribution in [1.29, 1.82) is 0 Å². The van der Waals surface area contributed by atoms with Gasteiger partial charge in [-0.25, -0.2) is 0 Å². The highest BCUT2D eigenvalue weighted by molar-refractivity contribution is 5.75. The van der Waals surface area contributed by atoms with Crippen molar-refractivity contribution in [2.24, 2.45) is 17.6 Å². The standard InChI is InChI=1S/C12H25NO2/c1-5-10(4)6-7-15-12(14)11(13)8-9(2)3/h9-11H,5-8,13H2,1-4H3/t10?,11-/m0/s1. The molecule has 0 radical (unpaired) electrons. The fraction of sp³-hybridized carbons (Fsp3) is 0.917. The first-order valence-corrected chi connectivity index (χ1v) is 5.89. The Kier molecular flexibility index (Phi) is 7.39. The van der Waals surface area contributed by atoms with Crippen molar-refractivity contribution in [1.82, 2.24) is 0 Å². The van der Waals surface area contributed by atoms with Crippen LogP contribution in [0, 0.1) is 11.8 Å². The van der Waals surface area contributed by atoms with Gasteiger partial charge in [0, 0.05) is 0 Å². The Morgan fingerprint density at radius 2 is 1.93 bits per heavy atom. The average Bonchev–Trinajstić information content (AvgIpc) is 2.16. The zero-order valence-corrected chi connectivity index (χ0v) is 10.5. The van der Waals surface area contributed by atoms with Crippen LogP contribution in [0.3, 0.4) is 0 Å². The maximum atomic E-state index is 11.4. The zero-order valence-electron chi connectivity index (χ0n) is 10.5. The van der Waals surface area contributed by atoms with Crippen LogP contribution in [0.5, 0.6) is 0 Å². The molecule has 0 heterocycles. The molecular weight excluding hydrogens is 190 g/mol. The molecule has 0 aliphatic carbocycles. The average molecular weight is 215 g/mol. The van der Waals surface area contributed by atoms with E-state index in [1.165, 1.54) is 0 Å². The van der Waals surface area contributed by atoms with Crippen molar-refractivity contribution in [2.45, 2.75) is 53.0 Å². The summed E-state index contributed by atoms with van der Waals surface area (Å²) in [5.41, 5.74) is 5.69. The van der Waals surface area contributed by atoms with Gasteiger partial charge < -0.3 is 10.5 Å². The molecule has 2 N–H and O–H groups in total. The third-order valence-electron chi connectivity index (χ3n) is 2.58. The lowest BCUT2D eigenvalue weighted by Crippen LogP contribution is -2.33. The fourth-order valence-electron chi connectivity index (χ4n) is 1.28. The molecular formula is C12H25NO2. The molecule has 0 aliphatic heterocycles. The lowest BCUT2D eigenvalue weighted by molar-refractivity contribution is -0.145. The summed E-state index contributed by atoms with van der Waals surface area (Å²) in [5, 5.41) is 0. The SMILES string of the molecule is CCC(C)CCOC(=O)[C@@H](N)CC(C)C. The molecule has 0 aromatic heterocycles. The van der Waals surface area contributed by atoms with Gasteiger partial charge in [0.15, 0.2) is 0 Å².